The second-order valence-corrected chi connectivity index (χ2v) is 11.4. The van der Waals surface area contributed by atoms with Crippen molar-refractivity contribution in [2.24, 2.45) is 0 Å². The van der Waals surface area contributed by atoms with E-state index in [1.165, 1.54) is 4.90 Å². The average Bonchev–Trinajstić information content (AvgIpc) is 3.71. The molecule has 0 unspecified atom stereocenters. The third-order valence-electron chi connectivity index (χ3n) is 8.91. The van der Waals surface area contributed by atoms with Crippen LogP contribution in [0, 0.1) is 0 Å². The zero-order valence-electron chi connectivity index (χ0n) is 24.9. The van der Waals surface area contributed by atoms with Gasteiger partial charge in [0.05, 0.1) is 38.9 Å². The van der Waals surface area contributed by atoms with Gasteiger partial charge < -0.3 is 9.13 Å². The van der Waals surface area contributed by atoms with E-state index in [9.17, 15) is 9.59 Å². The molecule has 0 atom stereocenters. The predicted octanol–water partition coefficient (Wildman–Crippen LogP) is 9.11. The quantitative estimate of drug-likeness (QED) is 0.191. The van der Waals surface area contributed by atoms with E-state index in [0.29, 0.717) is 22.6 Å². The number of pyridine rings is 1. The molecule has 5 aromatic carbocycles. The largest absolute Gasteiger partial charge is 0.308 e. The second-order valence-electron chi connectivity index (χ2n) is 11.4. The van der Waals surface area contributed by atoms with Gasteiger partial charge in [-0.05, 0) is 61.5 Å². The van der Waals surface area contributed by atoms with E-state index in [1.807, 2.05) is 116 Å². The number of carbonyl (C=O) groups excluding carboxylic acids is 2. The molecule has 0 spiro atoms. The summed E-state index contributed by atoms with van der Waals surface area (Å²) in [6, 6.07) is 42.0. The van der Waals surface area contributed by atoms with E-state index >= 15 is 0 Å². The molecule has 6 heteroatoms. The number of hydrogen-bond acceptors (Lipinski definition) is 3. The number of anilines is 1. The number of carbonyl (C=O) groups is 2. The molecule has 0 saturated carbocycles. The van der Waals surface area contributed by atoms with Gasteiger partial charge in [0.25, 0.3) is 11.8 Å². The van der Waals surface area contributed by atoms with Crippen LogP contribution in [0.15, 0.2) is 133 Å². The van der Waals surface area contributed by atoms with E-state index < -0.39 is 0 Å². The molecule has 0 aliphatic carbocycles. The van der Waals surface area contributed by atoms with Crippen LogP contribution >= 0.6 is 0 Å². The Bertz CT molecular complexity index is 2420. The van der Waals surface area contributed by atoms with Crippen molar-refractivity contribution in [2.45, 2.75) is 6.92 Å². The van der Waals surface area contributed by atoms with E-state index in [1.54, 1.807) is 6.07 Å². The van der Waals surface area contributed by atoms with Crippen LogP contribution in [0.25, 0.3) is 61.1 Å². The first-order chi connectivity index (χ1) is 22.7. The number of hydrogen-bond donors (Lipinski definition) is 0. The molecule has 2 amide bonds. The Kier molecular flexibility index (Phi) is 5.61. The Morgan fingerprint density at radius 3 is 1.52 bits per heavy atom. The smallest absolute Gasteiger partial charge is 0.269 e. The number of para-hydroxylation sites is 4. The molecule has 0 bridgehead atoms. The first-order valence-corrected chi connectivity index (χ1v) is 15.3. The SMILES string of the molecule is C/C=C/c1cccc(N2C(=O)c3c(c4c(c5ccccc5n4-c4ccccc4)c4c5ccccc5n(-c5ccccc5)c34)C2=O)n1. The van der Waals surface area contributed by atoms with Crippen LogP contribution in [0.1, 0.15) is 33.3 Å². The Morgan fingerprint density at radius 2 is 1.02 bits per heavy atom. The van der Waals surface area contributed by atoms with Crippen LogP contribution in [0.2, 0.25) is 0 Å². The van der Waals surface area contributed by atoms with Crippen LogP contribution < -0.4 is 4.90 Å². The van der Waals surface area contributed by atoms with Gasteiger partial charge in [-0.15, -0.1) is 0 Å². The fraction of sp³-hybridized carbons (Fsp3) is 0.0250. The Balaban J connectivity index is 1.54. The van der Waals surface area contributed by atoms with Crippen molar-refractivity contribution >= 4 is 67.3 Å². The first kappa shape index (κ1) is 26.2. The van der Waals surface area contributed by atoms with Gasteiger partial charge in [0.15, 0.2) is 0 Å². The topological polar surface area (TPSA) is 60.1 Å². The fourth-order valence-electron chi connectivity index (χ4n) is 7.15. The lowest BCUT2D eigenvalue weighted by Gasteiger charge is -2.13. The highest BCUT2D eigenvalue weighted by molar-refractivity contribution is 6.45. The van der Waals surface area contributed by atoms with Gasteiger partial charge in [-0.2, -0.15) is 0 Å². The summed E-state index contributed by atoms with van der Waals surface area (Å²) < 4.78 is 4.27. The number of benzene rings is 5. The molecule has 4 heterocycles. The van der Waals surface area contributed by atoms with Gasteiger partial charge in [-0.1, -0.05) is 84.9 Å². The van der Waals surface area contributed by atoms with E-state index in [2.05, 4.69) is 33.4 Å². The molecule has 1 aliphatic heterocycles. The van der Waals surface area contributed by atoms with Gasteiger partial charge >= 0.3 is 0 Å². The summed E-state index contributed by atoms with van der Waals surface area (Å²) in [5, 5.41) is 3.91. The van der Waals surface area contributed by atoms with Crippen LogP contribution in [-0.4, -0.2) is 25.9 Å². The third kappa shape index (κ3) is 3.49. The van der Waals surface area contributed by atoms with Crippen LogP contribution in [-0.2, 0) is 0 Å². The highest BCUT2D eigenvalue weighted by Crippen LogP contribution is 2.48. The maximum Gasteiger partial charge on any atom is 0.269 e. The highest BCUT2D eigenvalue weighted by Gasteiger charge is 2.44. The lowest BCUT2D eigenvalue weighted by Crippen LogP contribution is -2.30. The maximum absolute atomic E-state index is 14.9. The number of rotatable bonds is 4. The lowest BCUT2D eigenvalue weighted by molar-refractivity contribution is 0.0926. The van der Waals surface area contributed by atoms with E-state index in [4.69, 9.17) is 4.98 Å². The number of imide groups is 1. The molecule has 0 N–H and O–H groups in total. The third-order valence-corrected chi connectivity index (χ3v) is 8.91. The number of nitrogens with zero attached hydrogens (tertiary/aromatic N) is 4. The van der Waals surface area contributed by atoms with Crippen LogP contribution in [0.4, 0.5) is 5.82 Å². The molecule has 6 nitrogen and oxygen atoms in total. The van der Waals surface area contributed by atoms with Crippen molar-refractivity contribution in [3.8, 4) is 11.4 Å². The highest BCUT2D eigenvalue weighted by atomic mass is 16.2. The summed E-state index contributed by atoms with van der Waals surface area (Å²) in [4.78, 5) is 35.7. The summed E-state index contributed by atoms with van der Waals surface area (Å²) in [7, 11) is 0. The Labute approximate surface area is 264 Å². The summed E-state index contributed by atoms with van der Waals surface area (Å²) in [5.41, 5.74) is 6.61. The lowest BCUT2D eigenvalue weighted by atomic mass is 9.98. The summed E-state index contributed by atoms with van der Waals surface area (Å²) >= 11 is 0. The van der Waals surface area contributed by atoms with Crippen molar-refractivity contribution in [3.63, 3.8) is 0 Å². The molecule has 0 fully saturated rings. The van der Waals surface area contributed by atoms with Gasteiger partial charge in [0, 0.05) is 32.9 Å². The van der Waals surface area contributed by atoms with Gasteiger partial charge in [-0.25, -0.2) is 9.88 Å². The Morgan fingerprint density at radius 1 is 0.543 bits per heavy atom. The zero-order chi connectivity index (χ0) is 30.9. The minimum absolute atomic E-state index is 0.299. The van der Waals surface area contributed by atoms with Crippen LogP contribution in [0.3, 0.4) is 0 Å². The van der Waals surface area contributed by atoms with E-state index in [-0.39, 0.29) is 11.8 Å². The minimum Gasteiger partial charge on any atom is -0.308 e. The summed E-state index contributed by atoms with van der Waals surface area (Å²) in [6.45, 7) is 1.91. The monoisotopic (exact) mass is 594 g/mol. The number of fused-ring (bicyclic) bond motifs is 10. The second kappa shape index (κ2) is 9.87. The molecule has 218 valence electrons. The summed E-state index contributed by atoms with van der Waals surface area (Å²) in [5.74, 6) is -0.475. The predicted molar refractivity (Wildman–Crippen MR) is 185 cm³/mol. The Hall–Kier alpha value is -6.27. The number of amides is 2. The maximum atomic E-state index is 14.9. The molecular formula is C40H26N4O2. The van der Waals surface area contributed by atoms with Crippen molar-refractivity contribution in [1.82, 2.24) is 14.1 Å². The molecule has 1 aliphatic rings. The molecule has 46 heavy (non-hydrogen) atoms. The molecule has 0 radical (unpaired) electrons. The van der Waals surface area contributed by atoms with Crippen LogP contribution in [0.5, 0.6) is 0 Å². The average molecular weight is 595 g/mol. The molecule has 3 aromatic heterocycles. The van der Waals surface area contributed by atoms with Gasteiger partial charge in [0.1, 0.15) is 5.82 Å². The molecule has 0 saturated heterocycles. The molecular weight excluding hydrogens is 568 g/mol. The minimum atomic E-state index is -0.387. The van der Waals surface area contributed by atoms with Gasteiger partial charge in [0.2, 0.25) is 0 Å². The van der Waals surface area contributed by atoms with Gasteiger partial charge in [-0.3, -0.25) is 9.59 Å². The van der Waals surface area contributed by atoms with E-state index in [0.717, 1.165) is 55.0 Å². The summed E-state index contributed by atoms with van der Waals surface area (Å²) in [6.07, 6.45) is 3.75. The fourth-order valence-corrected chi connectivity index (χ4v) is 7.15. The standard InChI is InChI=1S/C40H26N4O2/c1-2-14-25-15-13-24-32(41-25)44-39(45)35-36(40(44)46)38-34(29-21-10-12-23-31(29)43(38)27-18-7-4-8-19-27)33-28-20-9-11-22-30(28)42(37(33)35)26-16-5-3-6-17-26/h2-24H,1H3/b14-2+. The first-order valence-electron chi connectivity index (χ1n) is 15.3. The zero-order valence-corrected chi connectivity index (χ0v) is 24.9. The number of allylic oxidation sites excluding steroid dienone is 1. The van der Waals surface area contributed by atoms with Crippen molar-refractivity contribution in [3.05, 3.63) is 150 Å². The van der Waals surface area contributed by atoms with Crippen molar-refractivity contribution < 1.29 is 9.59 Å². The molecule has 9 rings (SSSR count). The van der Waals surface area contributed by atoms with Crippen molar-refractivity contribution in [2.75, 3.05) is 4.90 Å². The van der Waals surface area contributed by atoms with Crippen molar-refractivity contribution in [1.29, 1.82) is 0 Å². The molecule has 8 aromatic rings. The normalized spacial score (nSPS) is 13.3. The number of aromatic nitrogens is 3.